The Kier molecular flexibility index (Phi) is 7.15. The molecule has 0 unspecified atom stereocenters. The quantitative estimate of drug-likeness (QED) is 0.200. The second-order valence-electron chi connectivity index (χ2n) is 11.3. The van der Waals surface area contributed by atoms with Crippen LogP contribution < -0.4 is 22.7 Å². The van der Waals surface area contributed by atoms with Crippen molar-refractivity contribution in [2.45, 2.75) is 50.6 Å². The molecule has 6 heterocycles. The fourth-order valence-corrected chi connectivity index (χ4v) is 6.14. The van der Waals surface area contributed by atoms with Crippen molar-refractivity contribution in [2.24, 2.45) is 24.1 Å². The first-order valence-electron chi connectivity index (χ1n) is 14.8. The van der Waals surface area contributed by atoms with Gasteiger partial charge in [0.15, 0.2) is 22.9 Å². The van der Waals surface area contributed by atoms with E-state index in [0.29, 0.717) is 48.8 Å². The molecule has 1 fully saturated rings. The smallest absolute Gasteiger partial charge is 0.228 e. The molecule has 44 heavy (non-hydrogen) atoms. The summed E-state index contributed by atoms with van der Waals surface area (Å²) < 4.78 is 8.16. The minimum absolute atomic E-state index is 0.139. The van der Waals surface area contributed by atoms with Crippen molar-refractivity contribution < 1.29 is 0 Å². The van der Waals surface area contributed by atoms with E-state index in [9.17, 15) is 0 Å². The Morgan fingerprint density at radius 2 is 1.14 bits per heavy atom. The van der Waals surface area contributed by atoms with Gasteiger partial charge in [-0.2, -0.15) is 9.97 Å². The van der Waals surface area contributed by atoms with Crippen molar-refractivity contribution in [1.82, 2.24) is 58.1 Å². The van der Waals surface area contributed by atoms with Gasteiger partial charge in [0.2, 0.25) is 11.2 Å². The Labute approximate surface area is 251 Å². The van der Waals surface area contributed by atoms with Gasteiger partial charge < -0.3 is 30.6 Å². The van der Waals surface area contributed by atoms with Crippen molar-refractivity contribution in [3.8, 4) is 0 Å². The number of aromatic nitrogens is 12. The lowest BCUT2D eigenvalue weighted by molar-refractivity contribution is 0.268. The van der Waals surface area contributed by atoms with Gasteiger partial charge in [0, 0.05) is 64.5 Å². The molecule has 0 saturated heterocycles. The number of aryl methyl sites for hydroxylation is 2. The molecule has 1 aliphatic carbocycles. The Balaban J connectivity index is 1.18. The highest BCUT2D eigenvalue weighted by Gasteiger charge is 2.28. The van der Waals surface area contributed by atoms with E-state index in [1.54, 1.807) is 25.3 Å². The third kappa shape index (κ3) is 5.22. The zero-order valence-corrected chi connectivity index (χ0v) is 24.8. The molecule has 6 aromatic heterocycles. The van der Waals surface area contributed by atoms with E-state index in [1.807, 2.05) is 35.6 Å². The average Bonchev–Trinajstić information content (AvgIpc) is 3.83. The van der Waals surface area contributed by atoms with Gasteiger partial charge in [-0.05, 0) is 25.7 Å². The average molecular weight is 597 g/mol. The fourth-order valence-electron chi connectivity index (χ4n) is 6.14. The van der Waals surface area contributed by atoms with Crippen molar-refractivity contribution >= 4 is 34.0 Å². The number of hydrogen-bond donors (Lipinski definition) is 4. The van der Waals surface area contributed by atoms with Crippen LogP contribution in [0, 0.1) is 0 Å². The van der Waals surface area contributed by atoms with Crippen LogP contribution in [-0.2, 0) is 26.9 Å². The predicted octanol–water partition coefficient (Wildman–Crippen LogP) is 1.11. The van der Waals surface area contributed by atoms with Gasteiger partial charge in [-0.3, -0.25) is 19.1 Å². The van der Waals surface area contributed by atoms with Gasteiger partial charge >= 0.3 is 0 Å². The van der Waals surface area contributed by atoms with E-state index >= 15 is 0 Å². The largest absolute Gasteiger partial charge is 0.382 e. The number of nitrogens with two attached hydrogens (primary N) is 2. The molecule has 1 aliphatic rings. The molecule has 0 aromatic carbocycles. The summed E-state index contributed by atoms with van der Waals surface area (Å²) in [6, 6.07) is 0.278. The SMILES string of the molecule is Cn1cnc(CCN=c2nc(N)c3[nH]cnc3n2C2CCC(n3c(=NCCc4cn(C)cn4)nc(N)c4[nH]cnc43)CC2)c1. The number of imidazole rings is 4. The van der Waals surface area contributed by atoms with E-state index in [-0.39, 0.29) is 12.1 Å². The molecule has 0 amide bonds. The number of fused-ring (bicyclic) bond motifs is 2. The van der Waals surface area contributed by atoms with E-state index in [2.05, 4.69) is 39.0 Å². The van der Waals surface area contributed by atoms with Gasteiger partial charge in [0.05, 0.1) is 36.7 Å². The maximum Gasteiger partial charge on any atom is 0.228 e. The molecule has 6 aromatic rings. The standard InChI is InChI=1S/C28H36N16/c1-41-11-17(37-15-41)7-9-31-27-39-23(29)21-25(35-13-33-21)43(27)19-3-5-20(6-4-19)44-26-22(34-14-36-26)24(30)40-28(44)32-10-8-18-12-42(2)16-38-18/h11-16,19-20H,3-10H2,1-2H3,(H,33,35)(H,34,36)(H2,29,31,39)(H2,30,32,40). The second-order valence-corrected chi connectivity index (χ2v) is 11.3. The summed E-state index contributed by atoms with van der Waals surface area (Å²) in [5.41, 5.74) is 18.7. The van der Waals surface area contributed by atoms with Crippen LogP contribution in [0.1, 0.15) is 49.2 Å². The molecule has 16 heteroatoms. The first-order chi connectivity index (χ1) is 21.4. The summed E-state index contributed by atoms with van der Waals surface area (Å²) in [5, 5.41) is 0. The number of hydrogen-bond acceptors (Lipinski definition) is 10. The molecule has 6 N–H and O–H groups in total. The van der Waals surface area contributed by atoms with Crippen LogP contribution in [0.5, 0.6) is 0 Å². The highest BCUT2D eigenvalue weighted by molar-refractivity contribution is 5.81. The van der Waals surface area contributed by atoms with Gasteiger partial charge in [0.25, 0.3) is 0 Å². The molecule has 228 valence electrons. The zero-order chi connectivity index (χ0) is 30.2. The number of nitrogens with zero attached hydrogens (tertiary/aromatic N) is 12. The maximum absolute atomic E-state index is 6.32. The number of nitrogens with one attached hydrogen (secondary N) is 2. The summed E-state index contributed by atoms with van der Waals surface area (Å²) in [5.74, 6) is 0.779. The normalized spacial score (nSPS) is 18.2. The van der Waals surface area contributed by atoms with E-state index in [4.69, 9.17) is 31.4 Å². The summed E-state index contributed by atoms with van der Waals surface area (Å²) in [4.78, 5) is 43.5. The highest BCUT2D eigenvalue weighted by atomic mass is 15.2. The number of rotatable bonds is 8. The van der Waals surface area contributed by atoms with Crippen molar-refractivity contribution in [3.05, 3.63) is 60.3 Å². The monoisotopic (exact) mass is 596 g/mol. The van der Waals surface area contributed by atoms with Crippen molar-refractivity contribution in [3.63, 3.8) is 0 Å². The summed E-state index contributed by atoms with van der Waals surface area (Å²) in [6.45, 7) is 1.09. The minimum Gasteiger partial charge on any atom is -0.382 e. The molecule has 16 nitrogen and oxygen atoms in total. The molecule has 0 aliphatic heterocycles. The Bertz CT molecular complexity index is 1910. The second kappa shape index (κ2) is 11.4. The summed E-state index contributed by atoms with van der Waals surface area (Å²) >= 11 is 0. The molecule has 0 atom stereocenters. The van der Waals surface area contributed by atoms with Crippen LogP contribution >= 0.6 is 0 Å². The Morgan fingerprint density at radius 3 is 1.52 bits per heavy atom. The first-order valence-corrected chi connectivity index (χ1v) is 14.8. The number of nitrogen functional groups attached to an aromatic ring is 2. The van der Waals surface area contributed by atoms with E-state index in [1.165, 1.54) is 0 Å². The predicted molar refractivity (Wildman–Crippen MR) is 164 cm³/mol. The zero-order valence-electron chi connectivity index (χ0n) is 24.8. The van der Waals surface area contributed by atoms with Crippen LogP contribution in [0.15, 0.2) is 47.7 Å². The van der Waals surface area contributed by atoms with Gasteiger partial charge in [0.1, 0.15) is 11.0 Å². The van der Waals surface area contributed by atoms with Crippen molar-refractivity contribution in [1.29, 1.82) is 0 Å². The number of aromatic amines is 2. The van der Waals surface area contributed by atoms with Gasteiger partial charge in [-0.1, -0.05) is 0 Å². The van der Waals surface area contributed by atoms with Gasteiger partial charge in [-0.15, -0.1) is 0 Å². The lowest BCUT2D eigenvalue weighted by Crippen LogP contribution is -2.35. The van der Waals surface area contributed by atoms with Crippen LogP contribution in [0.4, 0.5) is 11.6 Å². The lowest BCUT2D eigenvalue weighted by atomic mass is 9.90. The lowest BCUT2D eigenvalue weighted by Gasteiger charge is -2.31. The molecule has 0 radical (unpaired) electrons. The summed E-state index contributed by atoms with van der Waals surface area (Å²) in [6.07, 6.45) is 15.8. The molecular weight excluding hydrogens is 560 g/mol. The van der Waals surface area contributed by atoms with Gasteiger partial charge in [-0.25, -0.2) is 19.9 Å². The topological polar surface area (TPSA) is 205 Å². The molecule has 0 spiro atoms. The fraction of sp³-hybridized carbons (Fsp3) is 0.429. The van der Waals surface area contributed by atoms with E-state index < -0.39 is 0 Å². The highest BCUT2D eigenvalue weighted by Crippen LogP contribution is 2.36. The van der Waals surface area contributed by atoms with Crippen LogP contribution in [0.25, 0.3) is 22.3 Å². The molecule has 1 saturated carbocycles. The molecule has 0 bridgehead atoms. The van der Waals surface area contributed by atoms with E-state index in [0.717, 1.165) is 59.4 Å². The maximum atomic E-state index is 6.32. The third-order valence-electron chi connectivity index (χ3n) is 8.23. The minimum atomic E-state index is 0.139. The molecule has 7 rings (SSSR count). The van der Waals surface area contributed by atoms with Crippen LogP contribution in [-0.4, -0.2) is 71.2 Å². The third-order valence-corrected chi connectivity index (χ3v) is 8.23. The number of anilines is 2. The summed E-state index contributed by atoms with van der Waals surface area (Å²) in [7, 11) is 3.92. The Morgan fingerprint density at radius 1 is 0.705 bits per heavy atom. The Hall–Kier alpha value is -5.28. The van der Waals surface area contributed by atoms with Crippen LogP contribution in [0.3, 0.4) is 0 Å². The van der Waals surface area contributed by atoms with Crippen LogP contribution in [0.2, 0.25) is 0 Å². The number of H-pyrrole nitrogens is 2. The van der Waals surface area contributed by atoms with Crippen molar-refractivity contribution in [2.75, 3.05) is 24.6 Å². The first kappa shape index (κ1) is 27.5. The molecular formula is C28H36N16.